The lowest BCUT2D eigenvalue weighted by Gasteiger charge is -2.19. The van der Waals surface area contributed by atoms with E-state index in [0.717, 1.165) is 17.1 Å². The molecule has 0 fully saturated rings. The van der Waals surface area contributed by atoms with E-state index in [1.807, 2.05) is 24.3 Å². The highest BCUT2D eigenvalue weighted by Crippen LogP contribution is 2.27. The number of ether oxygens (including phenoxy) is 2. The molecule has 2 nitrogen and oxygen atoms in total. The molecular formula is C22H30O2. The van der Waals surface area contributed by atoms with Gasteiger partial charge in [-0.25, -0.2) is 0 Å². The Morgan fingerprint density at radius 1 is 0.625 bits per heavy atom. The van der Waals surface area contributed by atoms with E-state index in [-0.39, 0.29) is 10.8 Å². The average molecular weight is 326 g/mol. The van der Waals surface area contributed by atoms with Gasteiger partial charge in [-0.05, 0) is 46.2 Å². The molecule has 0 N–H and O–H groups in total. The third kappa shape index (κ3) is 6.27. The van der Waals surface area contributed by atoms with Gasteiger partial charge in [-0.3, -0.25) is 0 Å². The van der Waals surface area contributed by atoms with Gasteiger partial charge >= 0.3 is 0 Å². The molecule has 0 aliphatic carbocycles. The lowest BCUT2D eigenvalue weighted by molar-refractivity contribution is 0.198. The first kappa shape index (κ1) is 18.4. The third-order valence-electron chi connectivity index (χ3n) is 3.37. The summed E-state index contributed by atoms with van der Waals surface area (Å²) in [6.45, 7) is 14.4. The summed E-state index contributed by atoms with van der Waals surface area (Å²) < 4.78 is 11.7. The second-order valence-corrected chi connectivity index (χ2v) is 8.75. The molecule has 0 aliphatic rings. The van der Waals surface area contributed by atoms with Crippen LogP contribution in [-0.4, -0.2) is 13.2 Å². The van der Waals surface area contributed by atoms with Gasteiger partial charge in [0, 0.05) is 0 Å². The molecule has 2 heteroatoms. The van der Waals surface area contributed by atoms with Crippen LogP contribution in [0.25, 0.3) is 11.1 Å². The molecule has 0 atom stereocenters. The van der Waals surface area contributed by atoms with Crippen molar-refractivity contribution in [3.8, 4) is 22.6 Å². The zero-order valence-corrected chi connectivity index (χ0v) is 15.8. The molecule has 0 spiro atoms. The van der Waals surface area contributed by atoms with Crippen LogP contribution in [0.3, 0.4) is 0 Å². The van der Waals surface area contributed by atoms with Gasteiger partial charge in [-0.2, -0.15) is 0 Å². The van der Waals surface area contributed by atoms with Crippen LogP contribution in [0.1, 0.15) is 41.5 Å². The van der Waals surface area contributed by atoms with Gasteiger partial charge in [0.2, 0.25) is 0 Å². The van der Waals surface area contributed by atoms with Crippen LogP contribution in [0.4, 0.5) is 0 Å². The van der Waals surface area contributed by atoms with Crippen molar-refractivity contribution < 1.29 is 9.47 Å². The Bertz CT molecular complexity index is 643. The maximum atomic E-state index is 5.91. The van der Waals surface area contributed by atoms with E-state index in [9.17, 15) is 0 Å². The van der Waals surface area contributed by atoms with Crippen molar-refractivity contribution >= 4 is 0 Å². The van der Waals surface area contributed by atoms with E-state index >= 15 is 0 Å². The molecule has 24 heavy (non-hydrogen) atoms. The summed E-state index contributed by atoms with van der Waals surface area (Å²) in [4.78, 5) is 0. The van der Waals surface area contributed by atoms with E-state index in [0.29, 0.717) is 13.2 Å². The molecule has 0 aromatic heterocycles. The Balaban J connectivity index is 2.06. The van der Waals surface area contributed by atoms with Gasteiger partial charge < -0.3 is 9.47 Å². The number of hydrogen-bond donors (Lipinski definition) is 0. The summed E-state index contributed by atoms with van der Waals surface area (Å²) in [5.41, 5.74) is 2.64. The smallest absolute Gasteiger partial charge is 0.119 e. The molecule has 2 aromatic carbocycles. The lowest BCUT2D eigenvalue weighted by Crippen LogP contribution is -2.16. The van der Waals surface area contributed by atoms with E-state index in [2.05, 4.69) is 65.8 Å². The molecule has 130 valence electrons. The van der Waals surface area contributed by atoms with E-state index < -0.39 is 0 Å². The summed E-state index contributed by atoms with van der Waals surface area (Å²) in [6, 6.07) is 16.5. The molecular weight excluding hydrogens is 296 g/mol. The second-order valence-electron chi connectivity index (χ2n) is 8.75. The number of benzene rings is 2. The molecule has 0 bridgehead atoms. The minimum atomic E-state index is 0.155. The molecule has 0 unspecified atom stereocenters. The molecule has 2 rings (SSSR count). The highest BCUT2D eigenvalue weighted by Gasteiger charge is 2.12. The van der Waals surface area contributed by atoms with Crippen molar-refractivity contribution in [1.82, 2.24) is 0 Å². The third-order valence-corrected chi connectivity index (χ3v) is 3.37. The van der Waals surface area contributed by atoms with Crippen molar-refractivity contribution in [3.05, 3.63) is 48.5 Å². The van der Waals surface area contributed by atoms with Crippen LogP contribution in [0.15, 0.2) is 48.5 Å². The average Bonchev–Trinajstić information content (AvgIpc) is 2.50. The summed E-state index contributed by atoms with van der Waals surface area (Å²) in [6.07, 6.45) is 0. The van der Waals surface area contributed by atoms with E-state index in [1.165, 1.54) is 5.56 Å². The highest BCUT2D eigenvalue weighted by molar-refractivity contribution is 5.65. The van der Waals surface area contributed by atoms with E-state index in [4.69, 9.17) is 9.47 Å². The van der Waals surface area contributed by atoms with Crippen molar-refractivity contribution in [2.45, 2.75) is 41.5 Å². The van der Waals surface area contributed by atoms with Crippen LogP contribution in [0, 0.1) is 10.8 Å². The van der Waals surface area contributed by atoms with Gasteiger partial charge in [-0.1, -0.05) is 65.8 Å². The molecule has 0 heterocycles. The van der Waals surface area contributed by atoms with Crippen molar-refractivity contribution in [3.63, 3.8) is 0 Å². The van der Waals surface area contributed by atoms with Crippen molar-refractivity contribution in [1.29, 1.82) is 0 Å². The van der Waals surface area contributed by atoms with Gasteiger partial charge in [0.25, 0.3) is 0 Å². The highest BCUT2D eigenvalue weighted by atomic mass is 16.5. The maximum Gasteiger partial charge on any atom is 0.119 e. The fraction of sp³-hybridized carbons (Fsp3) is 0.455. The summed E-state index contributed by atoms with van der Waals surface area (Å²) in [7, 11) is 0. The Morgan fingerprint density at radius 3 is 1.71 bits per heavy atom. The summed E-state index contributed by atoms with van der Waals surface area (Å²) >= 11 is 0. The lowest BCUT2D eigenvalue weighted by atomic mass is 9.98. The SMILES string of the molecule is CC(C)(C)COc1ccc(-c2cccc(OCC(C)(C)C)c2)cc1. The minimum absolute atomic E-state index is 0.155. The fourth-order valence-corrected chi connectivity index (χ4v) is 2.11. The van der Waals surface area contributed by atoms with Gasteiger partial charge in [-0.15, -0.1) is 0 Å². The van der Waals surface area contributed by atoms with Gasteiger partial charge in [0.1, 0.15) is 11.5 Å². The van der Waals surface area contributed by atoms with Crippen molar-refractivity contribution in [2.24, 2.45) is 10.8 Å². The molecule has 0 aliphatic heterocycles. The quantitative estimate of drug-likeness (QED) is 0.651. The second kappa shape index (κ2) is 7.29. The number of hydrogen-bond acceptors (Lipinski definition) is 2. The standard InChI is InChI=1S/C22H30O2/c1-21(2,3)15-23-19-12-10-17(11-13-19)18-8-7-9-20(14-18)24-16-22(4,5)6/h7-14H,15-16H2,1-6H3. The Hall–Kier alpha value is -1.96. The Morgan fingerprint density at radius 2 is 1.17 bits per heavy atom. The molecule has 0 radical (unpaired) electrons. The topological polar surface area (TPSA) is 18.5 Å². The Labute approximate surface area is 146 Å². The minimum Gasteiger partial charge on any atom is -0.493 e. The maximum absolute atomic E-state index is 5.91. The van der Waals surface area contributed by atoms with Gasteiger partial charge in [0.15, 0.2) is 0 Å². The largest absolute Gasteiger partial charge is 0.493 e. The summed E-state index contributed by atoms with van der Waals surface area (Å²) in [5.74, 6) is 1.82. The molecule has 2 aromatic rings. The van der Waals surface area contributed by atoms with Crippen LogP contribution >= 0.6 is 0 Å². The molecule has 0 amide bonds. The first-order valence-corrected chi connectivity index (χ1v) is 8.59. The first-order valence-electron chi connectivity index (χ1n) is 8.59. The van der Waals surface area contributed by atoms with Crippen LogP contribution in [-0.2, 0) is 0 Å². The van der Waals surface area contributed by atoms with Crippen LogP contribution in [0.2, 0.25) is 0 Å². The predicted octanol–water partition coefficient (Wildman–Crippen LogP) is 6.20. The normalized spacial score (nSPS) is 12.1. The fourth-order valence-electron chi connectivity index (χ4n) is 2.11. The first-order chi connectivity index (χ1) is 11.1. The molecule has 0 saturated heterocycles. The monoisotopic (exact) mass is 326 g/mol. The summed E-state index contributed by atoms with van der Waals surface area (Å²) in [5, 5.41) is 0. The van der Waals surface area contributed by atoms with Crippen LogP contribution in [0.5, 0.6) is 11.5 Å². The molecule has 0 saturated carbocycles. The predicted molar refractivity (Wildman–Crippen MR) is 102 cm³/mol. The zero-order chi connectivity index (χ0) is 17.8. The number of rotatable bonds is 5. The van der Waals surface area contributed by atoms with E-state index in [1.54, 1.807) is 0 Å². The zero-order valence-electron chi connectivity index (χ0n) is 15.8. The van der Waals surface area contributed by atoms with Crippen LogP contribution < -0.4 is 9.47 Å². The van der Waals surface area contributed by atoms with Gasteiger partial charge in [0.05, 0.1) is 13.2 Å². The van der Waals surface area contributed by atoms with Crippen molar-refractivity contribution in [2.75, 3.05) is 13.2 Å². The Kier molecular flexibility index (Phi) is 5.58.